The van der Waals surface area contributed by atoms with Gasteiger partial charge in [-0.25, -0.2) is 0 Å². The van der Waals surface area contributed by atoms with Gasteiger partial charge in [-0.2, -0.15) is 0 Å². The van der Waals surface area contributed by atoms with Crippen molar-refractivity contribution in [2.45, 2.75) is 45.2 Å². The molecule has 3 nitrogen and oxygen atoms in total. The highest BCUT2D eigenvalue weighted by Crippen LogP contribution is 2.29. The van der Waals surface area contributed by atoms with E-state index in [0.717, 1.165) is 31.0 Å². The molecule has 1 fully saturated rings. The predicted octanol–water partition coefficient (Wildman–Crippen LogP) is 3.02. The Morgan fingerprint density at radius 1 is 1.60 bits per heavy atom. The van der Waals surface area contributed by atoms with Crippen molar-refractivity contribution in [3.8, 4) is 0 Å². The molecule has 1 aliphatic carbocycles. The third-order valence-electron chi connectivity index (χ3n) is 2.73. The molecule has 1 aliphatic rings. The number of hydrogen-bond donors (Lipinski definition) is 1. The molecule has 0 aliphatic heterocycles. The van der Waals surface area contributed by atoms with Gasteiger partial charge in [0.15, 0.2) is 0 Å². The third-order valence-corrected chi connectivity index (χ3v) is 2.73. The van der Waals surface area contributed by atoms with Gasteiger partial charge in [-0.05, 0) is 31.4 Å². The number of amidine groups is 1. The fourth-order valence-electron chi connectivity index (χ4n) is 1.78. The van der Waals surface area contributed by atoms with Crippen LogP contribution >= 0.6 is 0 Å². The zero-order valence-corrected chi connectivity index (χ0v) is 9.20. The van der Waals surface area contributed by atoms with E-state index < -0.39 is 0 Å². The SMILES string of the molecule is CCCC(=N)N(Cc1ccco1)C1CC1. The first-order valence-electron chi connectivity index (χ1n) is 5.67. The van der Waals surface area contributed by atoms with Crippen LogP contribution in [-0.2, 0) is 6.54 Å². The summed E-state index contributed by atoms with van der Waals surface area (Å²) in [5, 5.41) is 8.00. The van der Waals surface area contributed by atoms with E-state index in [2.05, 4.69) is 11.8 Å². The zero-order valence-electron chi connectivity index (χ0n) is 9.20. The maximum atomic E-state index is 8.00. The van der Waals surface area contributed by atoms with Crippen LogP contribution < -0.4 is 0 Å². The van der Waals surface area contributed by atoms with E-state index in [9.17, 15) is 0 Å². The maximum absolute atomic E-state index is 8.00. The fourth-order valence-corrected chi connectivity index (χ4v) is 1.78. The van der Waals surface area contributed by atoms with Crippen molar-refractivity contribution in [3.05, 3.63) is 24.2 Å². The summed E-state index contributed by atoms with van der Waals surface area (Å²) < 4.78 is 5.33. The van der Waals surface area contributed by atoms with Crippen LogP contribution in [0.5, 0.6) is 0 Å². The first-order chi connectivity index (χ1) is 7.31. The molecule has 0 radical (unpaired) electrons. The highest BCUT2D eigenvalue weighted by molar-refractivity contribution is 5.79. The first-order valence-corrected chi connectivity index (χ1v) is 5.67. The number of nitrogens with zero attached hydrogens (tertiary/aromatic N) is 1. The van der Waals surface area contributed by atoms with Crippen LogP contribution in [0.1, 0.15) is 38.4 Å². The van der Waals surface area contributed by atoms with Crippen molar-refractivity contribution in [2.24, 2.45) is 0 Å². The average molecular weight is 206 g/mol. The van der Waals surface area contributed by atoms with Crippen LogP contribution in [0.3, 0.4) is 0 Å². The standard InChI is InChI=1S/C12H18N2O/c1-2-4-12(13)14(10-6-7-10)9-11-5-3-8-15-11/h3,5,8,10,13H,2,4,6-7,9H2,1H3. The molecule has 0 amide bonds. The molecule has 0 unspecified atom stereocenters. The van der Waals surface area contributed by atoms with E-state index in [1.54, 1.807) is 6.26 Å². The molecular formula is C12H18N2O. The molecule has 0 atom stereocenters. The first kappa shape index (κ1) is 10.3. The second-order valence-electron chi connectivity index (χ2n) is 4.14. The molecule has 1 saturated carbocycles. The van der Waals surface area contributed by atoms with E-state index >= 15 is 0 Å². The van der Waals surface area contributed by atoms with Crippen molar-refractivity contribution in [3.63, 3.8) is 0 Å². The molecule has 2 rings (SSSR count). The van der Waals surface area contributed by atoms with Crippen LogP contribution in [0.4, 0.5) is 0 Å². The summed E-state index contributed by atoms with van der Waals surface area (Å²) in [6.45, 7) is 2.88. The Kier molecular flexibility index (Phi) is 3.09. The fraction of sp³-hybridized carbons (Fsp3) is 0.583. The Labute approximate surface area is 90.6 Å². The molecular weight excluding hydrogens is 188 g/mol. The summed E-state index contributed by atoms with van der Waals surface area (Å²) in [6.07, 6.45) is 6.07. The normalized spacial score (nSPS) is 15.3. The van der Waals surface area contributed by atoms with Gasteiger partial charge in [-0.15, -0.1) is 0 Å². The largest absolute Gasteiger partial charge is 0.467 e. The number of furan rings is 1. The summed E-state index contributed by atoms with van der Waals surface area (Å²) in [4.78, 5) is 2.18. The van der Waals surface area contributed by atoms with Gasteiger partial charge in [0.05, 0.1) is 18.6 Å². The summed E-state index contributed by atoms with van der Waals surface area (Å²) in [6, 6.07) is 4.48. The quantitative estimate of drug-likeness (QED) is 0.594. The van der Waals surface area contributed by atoms with Gasteiger partial charge in [-0.3, -0.25) is 5.41 Å². The highest BCUT2D eigenvalue weighted by Gasteiger charge is 2.30. The van der Waals surface area contributed by atoms with Gasteiger partial charge in [-0.1, -0.05) is 6.92 Å². The molecule has 1 aromatic rings. The predicted molar refractivity (Wildman–Crippen MR) is 59.9 cm³/mol. The second-order valence-corrected chi connectivity index (χ2v) is 4.14. The van der Waals surface area contributed by atoms with Crippen molar-refractivity contribution in [1.82, 2.24) is 4.90 Å². The topological polar surface area (TPSA) is 40.2 Å². The van der Waals surface area contributed by atoms with Crippen LogP contribution in [0.15, 0.2) is 22.8 Å². The Morgan fingerprint density at radius 2 is 2.40 bits per heavy atom. The lowest BCUT2D eigenvalue weighted by Gasteiger charge is -2.23. The van der Waals surface area contributed by atoms with Crippen molar-refractivity contribution < 1.29 is 4.42 Å². The lowest BCUT2D eigenvalue weighted by molar-refractivity contribution is 0.345. The molecule has 0 spiro atoms. The minimum atomic E-state index is 0.592. The third kappa shape index (κ3) is 2.61. The van der Waals surface area contributed by atoms with Gasteiger partial charge in [0.25, 0.3) is 0 Å². The summed E-state index contributed by atoms with van der Waals surface area (Å²) >= 11 is 0. The number of nitrogens with one attached hydrogen (secondary N) is 1. The van der Waals surface area contributed by atoms with E-state index in [1.165, 1.54) is 12.8 Å². The monoisotopic (exact) mass is 206 g/mol. The Morgan fingerprint density at radius 3 is 2.93 bits per heavy atom. The van der Waals surface area contributed by atoms with Crippen LogP contribution in [-0.4, -0.2) is 16.8 Å². The molecule has 0 saturated heterocycles. The smallest absolute Gasteiger partial charge is 0.123 e. The van der Waals surface area contributed by atoms with Gasteiger partial charge >= 0.3 is 0 Å². The summed E-state index contributed by atoms with van der Waals surface area (Å²) in [7, 11) is 0. The Hall–Kier alpha value is -1.25. The average Bonchev–Trinajstić information content (AvgIpc) is 2.93. The van der Waals surface area contributed by atoms with Crippen molar-refractivity contribution in [2.75, 3.05) is 0 Å². The summed E-state index contributed by atoms with van der Waals surface area (Å²) in [5.41, 5.74) is 0. The summed E-state index contributed by atoms with van der Waals surface area (Å²) in [5.74, 6) is 1.72. The number of rotatable bonds is 5. The Balaban J connectivity index is 1.97. The molecule has 15 heavy (non-hydrogen) atoms. The van der Waals surface area contributed by atoms with Crippen LogP contribution in [0.2, 0.25) is 0 Å². The highest BCUT2D eigenvalue weighted by atomic mass is 16.3. The van der Waals surface area contributed by atoms with Gasteiger partial charge in [0, 0.05) is 12.5 Å². The number of hydrogen-bond acceptors (Lipinski definition) is 2. The van der Waals surface area contributed by atoms with Crippen molar-refractivity contribution in [1.29, 1.82) is 5.41 Å². The van der Waals surface area contributed by atoms with Crippen molar-refractivity contribution >= 4 is 5.84 Å². The van der Waals surface area contributed by atoms with E-state index in [4.69, 9.17) is 9.83 Å². The molecule has 1 heterocycles. The lowest BCUT2D eigenvalue weighted by Crippen LogP contribution is -2.31. The molecule has 0 aromatic carbocycles. The maximum Gasteiger partial charge on any atom is 0.123 e. The minimum absolute atomic E-state index is 0.592. The van der Waals surface area contributed by atoms with E-state index in [-0.39, 0.29) is 0 Å². The lowest BCUT2D eigenvalue weighted by atomic mass is 10.2. The molecule has 1 N–H and O–H groups in total. The van der Waals surface area contributed by atoms with Crippen LogP contribution in [0, 0.1) is 5.41 Å². The Bertz CT molecular complexity index is 314. The molecule has 3 heteroatoms. The van der Waals surface area contributed by atoms with Crippen LogP contribution in [0.25, 0.3) is 0 Å². The van der Waals surface area contributed by atoms with Gasteiger partial charge in [0.2, 0.25) is 0 Å². The van der Waals surface area contributed by atoms with Gasteiger partial charge < -0.3 is 9.32 Å². The molecule has 1 aromatic heterocycles. The van der Waals surface area contributed by atoms with Gasteiger partial charge in [0.1, 0.15) is 5.76 Å². The molecule has 82 valence electrons. The van der Waals surface area contributed by atoms with E-state index in [1.807, 2.05) is 12.1 Å². The second kappa shape index (κ2) is 4.51. The molecule has 0 bridgehead atoms. The van der Waals surface area contributed by atoms with E-state index in [0.29, 0.717) is 6.04 Å². The minimum Gasteiger partial charge on any atom is -0.467 e. The zero-order chi connectivity index (χ0) is 10.7.